The normalized spacial score (nSPS) is 17.0. The summed E-state index contributed by atoms with van der Waals surface area (Å²) in [4.78, 5) is 26.6. The van der Waals surface area contributed by atoms with Crippen molar-refractivity contribution < 1.29 is 14.3 Å². The molecule has 1 saturated heterocycles. The van der Waals surface area contributed by atoms with E-state index in [0.29, 0.717) is 34.3 Å². The number of carbonyl (C=O) groups is 2. The first-order valence-electron chi connectivity index (χ1n) is 8.50. The molecule has 1 heterocycles. The van der Waals surface area contributed by atoms with Crippen LogP contribution in [0.4, 0.5) is 0 Å². The van der Waals surface area contributed by atoms with Crippen LogP contribution in [-0.4, -0.2) is 36.5 Å². The lowest BCUT2D eigenvalue weighted by molar-refractivity contribution is 0.0342. The highest BCUT2D eigenvalue weighted by Gasteiger charge is 2.25. The van der Waals surface area contributed by atoms with Gasteiger partial charge in [-0.3, -0.25) is 4.79 Å². The quantitative estimate of drug-likeness (QED) is 0.709. The van der Waals surface area contributed by atoms with E-state index in [-0.39, 0.29) is 18.4 Å². The van der Waals surface area contributed by atoms with E-state index in [0.717, 1.165) is 12.8 Å². The van der Waals surface area contributed by atoms with E-state index >= 15 is 0 Å². The first kappa shape index (κ1) is 18.7. The van der Waals surface area contributed by atoms with Gasteiger partial charge in [-0.05, 0) is 49.2 Å². The summed E-state index contributed by atoms with van der Waals surface area (Å²) in [5.41, 5.74) is 1.01. The van der Waals surface area contributed by atoms with Gasteiger partial charge in [-0.15, -0.1) is 0 Å². The van der Waals surface area contributed by atoms with Gasteiger partial charge in [0.1, 0.15) is 0 Å². The number of ether oxygens (including phenoxy) is 1. The molecule has 0 aliphatic carbocycles. The molecule has 0 saturated carbocycles. The standard InChI is InChI=1S/C20H19Cl2NO3/c21-17-7-1-5-15(10-17)19(24)23-9-3-4-14(12-23)13-26-20(25)16-6-2-8-18(22)11-16/h1-2,5-8,10-11,14H,3-4,9,12-13H2/t14-/m0/s1. The molecule has 0 radical (unpaired) electrons. The summed E-state index contributed by atoms with van der Waals surface area (Å²) in [5.74, 6) is -0.320. The Hall–Kier alpha value is -2.04. The van der Waals surface area contributed by atoms with E-state index in [1.807, 2.05) is 0 Å². The number of nitrogens with zero attached hydrogens (tertiary/aromatic N) is 1. The molecule has 4 nitrogen and oxygen atoms in total. The Morgan fingerprint density at radius 2 is 1.69 bits per heavy atom. The summed E-state index contributed by atoms with van der Waals surface area (Å²) in [7, 11) is 0. The molecule has 1 aliphatic heterocycles. The number of amides is 1. The average Bonchev–Trinajstić information content (AvgIpc) is 2.65. The van der Waals surface area contributed by atoms with Crippen LogP contribution >= 0.6 is 23.2 Å². The van der Waals surface area contributed by atoms with Crippen LogP contribution in [0.1, 0.15) is 33.6 Å². The zero-order valence-electron chi connectivity index (χ0n) is 14.2. The van der Waals surface area contributed by atoms with Crippen molar-refractivity contribution in [2.45, 2.75) is 12.8 Å². The second-order valence-corrected chi connectivity index (χ2v) is 7.25. The molecular formula is C20H19Cl2NO3. The Morgan fingerprint density at radius 1 is 1.04 bits per heavy atom. The molecule has 6 heteroatoms. The zero-order chi connectivity index (χ0) is 18.5. The van der Waals surface area contributed by atoms with Crippen molar-refractivity contribution in [3.63, 3.8) is 0 Å². The molecule has 3 rings (SSSR count). The van der Waals surface area contributed by atoms with E-state index in [4.69, 9.17) is 27.9 Å². The van der Waals surface area contributed by atoms with Gasteiger partial charge in [-0.1, -0.05) is 35.3 Å². The van der Waals surface area contributed by atoms with Crippen molar-refractivity contribution in [1.82, 2.24) is 4.90 Å². The summed E-state index contributed by atoms with van der Waals surface area (Å²) < 4.78 is 5.42. The van der Waals surface area contributed by atoms with Crippen molar-refractivity contribution in [3.8, 4) is 0 Å². The molecule has 1 amide bonds. The predicted molar refractivity (Wildman–Crippen MR) is 102 cm³/mol. The lowest BCUT2D eigenvalue weighted by Crippen LogP contribution is -2.41. The van der Waals surface area contributed by atoms with E-state index in [1.54, 1.807) is 53.4 Å². The van der Waals surface area contributed by atoms with Gasteiger partial charge in [-0.25, -0.2) is 4.79 Å². The Bertz CT molecular complexity index is 809. The Morgan fingerprint density at radius 3 is 2.38 bits per heavy atom. The van der Waals surface area contributed by atoms with Crippen LogP contribution in [0, 0.1) is 5.92 Å². The second kappa shape index (κ2) is 8.56. The molecule has 1 aliphatic rings. The van der Waals surface area contributed by atoms with Gasteiger partial charge in [0.25, 0.3) is 5.91 Å². The third-order valence-electron chi connectivity index (χ3n) is 4.39. The fourth-order valence-electron chi connectivity index (χ4n) is 3.08. The molecule has 0 aromatic heterocycles. The molecule has 0 spiro atoms. The minimum atomic E-state index is -0.397. The molecule has 1 atom stereocenters. The first-order valence-corrected chi connectivity index (χ1v) is 9.26. The summed E-state index contributed by atoms with van der Waals surface area (Å²) in [6.45, 7) is 1.54. The minimum absolute atomic E-state index is 0.0432. The third kappa shape index (κ3) is 4.77. The molecular weight excluding hydrogens is 373 g/mol. The number of carbonyl (C=O) groups excluding carboxylic acids is 2. The van der Waals surface area contributed by atoms with Crippen LogP contribution in [0.5, 0.6) is 0 Å². The number of benzene rings is 2. The Balaban J connectivity index is 1.57. The van der Waals surface area contributed by atoms with E-state index in [9.17, 15) is 9.59 Å². The van der Waals surface area contributed by atoms with E-state index in [2.05, 4.69) is 0 Å². The van der Waals surface area contributed by atoms with Crippen molar-refractivity contribution in [2.24, 2.45) is 5.92 Å². The first-order chi connectivity index (χ1) is 12.5. The smallest absolute Gasteiger partial charge is 0.338 e. The zero-order valence-corrected chi connectivity index (χ0v) is 15.7. The minimum Gasteiger partial charge on any atom is -0.462 e. The maximum Gasteiger partial charge on any atom is 0.338 e. The maximum absolute atomic E-state index is 12.6. The summed E-state index contributed by atoms with van der Waals surface area (Å²) in [5, 5.41) is 1.04. The van der Waals surface area contributed by atoms with Gasteiger partial charge >= 0.3 is 5.97 Å². The summed E-state index contributed by atoms with van der Waals surface area (Å²) in [6.07, 6.45) is 1.80. The molecule has 136 valence electrons. The number of likely N-dealkylation sites (tertiary alicyclic amines) is 1. The van der Waals surface area contributed by atoms with Gasteiger partial charge in [0.15, 0.2) is 0 Å². The lowest BCUT2D eigenvalue weighted by atomic mass is 9.98. The lowest BCUT2D eigenvalue weighted by Gasteiger charge is -2.32. The highest BCUT2D eigenvalue weighted by atomic mass is 35.5. The number of hydrogen-bond donors (Lipinski definition) is 0. The van der Waals surface area contributed by atoms with Gasteiger partial charge in [0.05, 0.1) is 12.2 Å². The van der Waals surface area contributed by atoms with Gasteiger partial charge in [0, 0.05) is 34.6 Å². The fourth-order valence-corrected chi connectivity index (χ4v) is 3.46. The molecule has 2 aromatic rings. The van der Waals surface area contributed by atoms with Crippen LogP contribution in [-0.2, 0) is 4.74 Å². The van der Waals surface area contributed by atoms with Crippen molar-refractivity contribution in [2.75, 3.05) is 19.7 Å². The number of halogens is 2. The maximum atomic E-state index is 12.6. The molecule has 26 heavy (non-hydrogen) atoms. The van der Waals surface area contributed by atoms with Crippen molar-refractivity contribution in [3.05, 3.63) is 69.7 Å². The third-order valence-corrected chi connectivity index (χ3v) is 4.86. The Labute approximate surface area is 162 Å². The van der Waals surface area contributed by atoms with Crippen LogP contribution in [0.15, 0.2) is 48.5 Å². The largest absolute Gasteiger partial charge is 0.462 e. The highest BCUT2D eigenvalue weighted by Crippen LogP contribution is 2.21. The number of rotatable bonds is 4. The molecule has 0 unspecified atom stereocenters. The SMILES string of the molecule is O=C(OC[C@H]1CCCN(C(=O)c2cccc(Cl)c2)C1)c1cccc(Cl)c1. The van der Waals surface area contributed by atoms with Crippen molar-refractivity contribution in [1.29, 1.82) is 0 Å². The van der Waals surface area contributed by atoms with Crippen LogP contribution < -0.4 is 0 Å². The summed E-state index contributed by atoms with van der Waals surface area (Å²) in [6, 6.07) is 13.6. The number of piperidine rings is 1. The Kier molecular flexibility index (Phi) is 6.17. The molecule has 2 aromatic carbocycles. The highest BCUT2D eigenvalue weighted by molar-refractivity contribution is 6.31. The number of hydrogen-bond acceptors (Lipinski definition) is 3. The monoisotopic (exact) mass is 391 g/mol. The van der Waals surface area contributed by atoms with Gasteiger partial charge in [-0.2, -0.15) is 0 Å². The molecule has 1 fully saturated rings. The number of esters is 1. The van der Waals surface area contributed by atoms with Crippen LogP contribution in [0.25, 0.3) is 0 Å². The predicted octanol–water partition coefficient (Wildman–Crippen LogP) is 4.70. The van der Waals surface area contributed by atoms with E-state index < -0.39 is 5.97 Å². The van der Waals surface area contributed by atoms with Crippen LogP contribution in [0.3, 0.4) is 0 Å². The summed E-state index contributed by atoms with van der Waals surface area (Å²) >= 11 is 11.9. The second-order valence-electron chi connectivity index (χ2n) is 6.38. The topological polar surface area (TPSA) is 46.6 Å². The van der Waals surface area contributed by atoms with E-state index in [1.165, 1.54) is 0 Å². The fraction of sp³-hybridized carbons (Fsp3) is 0.300. The molecule has 0 N–H and O–H groups in total. The van der Waals surface area contributed by atoms with Gasteiger partial charge in [0.2, 0.25) is 0 Å². The molecule has 0 bridgehead atoms. The van der Waals surface area contributed by atoms with Crippen molar-refractivity contribution >= 4 is 35.1 Å². The van der Waals surface area contributed by atoms with Crippen LogP contribution in [0.2, 0.25) is 10.0 Å². The van der Waals surface area contributed by atoms with Gasteiger partial charge < -0.3 is 9.64 Å². The average molecular weight is 392 g/mol.